The van der Waals surface area contributed by atoms with Crippen LogP contribution in [-0.2, 0) is 20.7 Å². The molecule has 0 saturated carbocycles. The van der Waals surface area contributed by atoms with Crippen LogP contribution in [0, 0.1) is 17.5 Å². The fourth-order valence-electron chi connectivity index (χ4n) is 2.76. The number of amides is 1. The molecule has 3 rings (SSSR count). The Balaban J connectivity index is 1.56. The summed E-state index contributed by atoms with van der Waals surface area (Å²) in [5.74, 6) is -6.12. The van der Waals surface area contributed by atoms with Gasteiger partial charge in [0.15, 0.2) is 23.6 Å². The second kappa shape index (κ2) is 9.26. The molecule has 0 unspecified atom stereocenters. The van der Waals surface area contributed by atoms with Crippen molar-refractivity contribution in [1.82, 2.24) is 0 Å². The summed E-state index contributed by atoms with van der Waals surface area (Å²) in [5, 5.41) is 2.08. The smallest absolute Gasteiger partial charge is 0.311 e. The van der Waals surface area contributed by atoms with E-state index in [0.29, 0.717) is 11.6 Å². The second-order valence-electron chi connectivity index (χ2n) is 6.58. The Bertz CT molecular complexity index is 1050. The minimum Gasteiger partial charge on any atom is -0.452 e. The third-order valence-electron chi connectivity index (χ3n) is 4.38. The van der Waals surface area contributed by atoms with Crippen molar-refractivity contribution in [3.63, 3.8) is 0 Å². The van der Waals surface area contributed by atoms with E-state index in [9.17, 15) is 22.8 Å². The number of esters is 1. The molecule has 1 N–H and O–H groups in total. The first-order valence-corrected chi connectivity index (χ1v) is 9.13. The number of hydrogen-bond acceptors (Lipinski definition) is 3. The van der Waals surface area contributed by atoms with E-state index in [4.69, 9.17) is 4.74 Å². The number of carbonyl (C=O) groups excluding carboxylic acids is 2. The number of carbonyl (C=O) groups is 2. The molecule has 0 bridgehead atoms. The molecular weight excluding hydrogens is 395 g/mol. The van der Waals surface area contributed by atoms with Crippen molar-refractivity contribution in [2.45, 2.75) is 19.4 Å². The third kappa shape index (κ3) is 5.05. The highest BCUT2D eigenvalue weighted by Crippen LogP contribution is 2.21. The highest BCUT2D eigenvalue weighted by Gasteiger charge is 2.21. The molecule has 4 nitrogen and oxygen atoms in total. The van der Waals surface area contributed by atoms with Gasteiger partial charge in [-0.05, 0) is 35.7 Å². The van der Waals surface area contributed by atoms with E-state index in [0.717, 1.165) is 17.2 Å². The quantitative estimate of drug-likeness (QED) is 0.463. The lowest BCUT2D eigenvalue weighted by Crippen LogP contribution is -2.31. The first kappa shape index (κ1) is 21.1. The zero-order chi connectivity index (χ0) is 21.7. The summed E-state index contributed by atoms with van der Waals surface area (Å²) in [4.78, 5) is 24.2. The van der Waals surface area contributed by atoms with Gasteiger partial charge >= 0.3 is 5.97 Å². The molecule has 0 aliphatic rings. The SMILES string of the molecule is C[C@H](OC(=O)Cc1ccc(-c2ccccc2)cc1)C(=O)Nc1ccc(F)c(F)c1F. The molecule has 1 amide bonds. The molecule has 0 fully saturated rings. The highest BCUT2D eigenvalue weighted by atomic mass is 19.2. The fourth-order valence-corrected chi connectivity index (χ4v) is 2.76. The number of ether oxygens (including phenoxy) is 1. The van der Waals surface area contributed by atoms with Crippen LogP contribution in [0.25, 0.3) is 11.1 Å². The minimum atomic E-state index is -1.70. The van der Waals surface area contributed by atoms with Gasteiger partial charge in [0, 0.05) is 0 Å². The van der Waals surface area contributed by atoms with Gasteiger partial charge in [0.1, 0.15) is 0 Å². The lowest BCUT2D eigenvalue weighted by Gasteiger charge is -2.14. The van der Waals surface area contributed by atoms with E-state index in [1.165, 1.54) is 6.92 Å². The number of hydrogen-bond donors (Lipinski definition) is 1. The predicted molar refractivity (Wildman–Crippen MR) is 106 cm³/mol. The summed E-state index contributed by atoms with van der Waals surface area (Å²) in [6.07, 6.45) is -1.32. The maximum atomic E-state index is 13.7. The van der Waals surface area contributed by atoms with E-state index >= 15 is 0 Å². The van der Waals surface area contributed by atoms with E-state index in [-0.39, 0.29) is 6.42 Å². The van der Waals surface area contributed by atoms with Crippen LogP contribution in [0.15, 0.2) is 66.7 Å². The van der Waals surface area contributed by atoms with Gasteiger partial charge in [-0.15, -0.1) is 0 Å². The molecule has 0 heterocycles. The van der Waals surface area contributed by atoms with Crippen molar-refractivity contribution in [3.8, 4) is 11.1 Å². The third-order valence-corrected chi connectivity index (χ3v) is 4.38. The van der Waals surface area contributed by atoms with Crippen LogP contribution >= 0.6 is 0 Å². The van der Waals surface area contributed by atoms with Crippen molar-refractivity contribution in [3.05, 3.63) is 89.7 Å². The molecule has 154 valence electrons. The Hall–Kier alpha value is -3.61. The Labute approximate surface area is 171 Å². The molecule has 0 aromatic heterocycles. The summed E-state index contributed by atoms with van der Waals surface area (Å²) >= 11 is 0. The van der Waals surface area contributed by atoms with Gasteiger partial charge in [0.05, 0.1) is 12.1 Å². The minimum absolute atomic E-state index is 0.0633. The lowest BCUT2D eigenvalue weighted by molar-refractivity contribution is -0.152. The van der Waals surface area contributed by atoms with Crippen molar-refractivity contribution >= 4 is 17.6 Å². The van der Waals surface area contributed by atoms with Gasteiger partial charge in [-0.1, -0.05) is 54.6 Å². The molecule has 3 aromatic rings. The summed E-state index contributed by atoms with van der Waals surface area (Å²) < 4.78 is 44.9. The number of halogens is 3. The predicted octanol–water partition coefficient (Wildman–Crippen LogP) is 4.88. The summed E-state index contributed by atoms with van der Waals surface area (Å²) in [5.41, 5.74) is 2.19. The van der Waals surface area contributed by atoms with Crippen LogP contribution in [0.3, 0.4) is 0 Å². The van der Waals surface area contributed by atoms with Gasteiger partial charge in [0.2, 0.25) is 0 Å². The van der Waals surface area contributed by atoms with Crippen molar-refractivity contribution < 1.29 is 27.5 Å². The summed E-state index contributed by atoms with van der Waals surface area (Å²) in [6, 6.07) is 18.6. The molecule has 0 saturated heterocycles. The first-order valence-electron chi connectivity index (χ1n) is 9.13. The van der Waals surface area contributed by atoms with Crippen LogP contribution in [0.2, 0.25) is 0 Å². The van der Waals surface area contributed by atoms with Crippen LogP contribution in [-0.4, -0.2) is 18.0 Å². The Morgan fingerprint density at radius 3 is 2.17 bits per heavy atom. The van der Waals surface area contributed by atoms with Crippen LogP contribution < -0.4 is 5.32 Å². The Kier molecular flexibility index (Phi) is 6.51. The van der Waals surface area contributed by atoms with Crippen LogP contribution in [0.5, 0.6) is 0 Å². The molecule has 7 heteroatoms. The zero-order valence-electron chi connectivity index (χ0n) is 16.0. The average molecular weight is 413 g/mol. The van der Waals surface area contributed by atoms with E-state index in [2.05, 4.69) is 5.32 Å². The van der Waals surface area contributed by atoms with Gasteiger partial charge in [-0.3, -0.25) is 9.59 Å². The van der Waals surface area contributed by atoms with E-state index in [1.807, 2.05) is 42.5 Å². The first-order chi connectivity index (χ1) is 14.3. The fraction of sp³-hybridized carbons (Fsp3) is 0.130. The standard InChI is InChI=1S/C23H18F3NO3/c1-14(23(29)27-19-12-11-18(24)21(25)22(19)26)30-20(28)13-15-7-9-17(10-8-15)16-5-3-2-4-6-16/h2-12,14H,13H2,1H3,(H,27,29)/t14-/m0/s1. The summed E-state index contributed by atoms with van der Waals surface area (Å²) in [7, 11) is 0. The number of nitrogens with one attached hydrogen (secondary N) is 1. The normalized spacial score (nSPS) is 11.6. The van der Waals surface area contributed by atoms with Gasteiger partial charge in [0.25, 0.3) is 5.91 Å². The topological polar surface area (TPSA) is 55.4 Å². The average Bonchev–Trinajstić information content (AvgIpc) is 2.75. The molecule has 0 aliphatic carbocycles. The van der Waals surface area contributed by atoms with Crippen LogP contribution in [0.1, 0.15) is 12.5 Å². The molecule has 3 aromatic carbocycles. The monoisotopic (exact) mass is 413 g/mol. The Morgan fingerprint density at radius 2 is 1.50 bits per heavy atom. The van der Waals surface area contributed by atoms with Gasteiger partial charge in [-0.25, -0.2) is 13.2 Å². The van der Waals surface area contributed by atoms with Crippen molar-refractivity contribution in [2.24, 2.45) is 0 Å². The number of rotatable bonds is 6. The molecule has 0 spiro atoms. The maximum Gasteiger partial charge on any atom is 0.311 e. The van der Waals surface area contributed by atoms with Gasteiger partial charge < -0.3 is 10.1 Å². The maximum absolute atomic E-state index is 13.7. The lowest BCUT2D eigenvalue weighted by atomic mass is 10.0. The highest BCUT2D eigenvalue weighted by molar-refractivity contribution is 5.95. The zero-order valence-corrected chi connectivity index (χ0v) is 16.0. The summed E-state index contributed by atoms with van der Waals surface area (Å²) in [6.45, 7) is 1.30. The Morgan fingerprint density at radius 1 is 0.867 bits per heavy atom. The van der Waals surface area contributed by atoms with E-state index < -0.39 is 41.1 Å². The van der Waals surface area contributed by atoms with Gasteiger partial charge in [-0.2, -0.15) is 0 Å². The second-order valence-corrected chi connectivity index (χ2v) is 6.58. The largest absolute Gasteiger partial charge is 0.452 e. The number of anilines is 1. The molecule has 0 radical (unpaired) electrons. The molecule has 0 aliphatic heterocycles. The number of benzene rings is 3. The molecule has 1 atom stereocenters. The van der Waals surface area contributed by atoms with Crippen LogP contribution in [0.4, 0.5) is 18.9 Å². The van der Waals surface area contributed by atoms with Crippen molar-refractivity contribution in [2.75, 3.05) is 5.32 Å². The van der Waals surface area contributed by atoms with E-state index in [1.54, 1.807) is 12.1 Å². The molecular formula is C23H18F3NO3. The molecule has 30 heavy (non-hydrogen) atoms. The van der Waals surface area contributed by atoms with Crippen molar-refractivity contribution in [1.29, 1.82) is 0 Å².